The monoisotopic (exact) mass is 290 g/mol. The van der Waals surface area contributed by atoms with Crippen LogP contribution in [0.1, 0.15) is 54.3 Å². The number of aromatic nitrogens is 1. The van der Waals surface area contributed by atoms with Gasteiger partial charge in [-0.25, -0.2) is 0 Å². The molecule has 21 heavy (non-hydrogen) atoms. The zero-order valence-corrected chi connectivity index (χ0v) is 12.3. The maximum absolute atomic E-state index is 12.5. The fourth-order valence-electron chi connectivity index (χ4n) is 3.66. The molecule has 114 valence electrons. The van der Waals surface area contributed by atoms with Gasteiger partial charge in [-0.2, -0.15) is 0 Å². The maximum Gasteiger partial charge on any atom is 0.276 e. The van der Waals surface area contributed by atoms with Gasteiger partial charge in [-0.15, -0.1) is 0 Å². The summed E-state index contributed by atoms with van der Waals surface area (Å²) in [5, 5.41) is 3.97. The Morgan fingerprint density at radius 1 is 1.14 bits per heavy atom. The fraction of sp³-hybridized carbons (Fsp3) is 0.750. The summed E-state index contributed by atoms with van der Waals surface area (Å²) in [7, 11) is 0. The van der Waals surface area contributed by atoms with Crippen molar-refractivity contribution in [2.24, 2.45) is 11.8 Å². The number of carbonyl (C=O) groups is 1. The molecule has 0 bridgehead atoms. The van der Waals surface area contributed by atoms with E-state index < -0.39 is 0 Å². The first kappa shape index (κ1) is 13.3. The Balaban J connectivity index is 1.38. The van der Waals surface area contributed by atoms with Crippen LogP contribution >= 0.6 is 0 Å². The topological polar surface area (TPSA) is 55.6 Å². The Morgan fingerprint density at radius 3 is 2.71 bits per heavy atom. The molecule has 0 radical (unpaired) electrons. The van der Waals surface area contributed by atoms with Gasteiger partial charge in [0.25, 0.3) is 5.91 Å². The molecule has 1 amide bonds. The molecule has 3 aliphatic rings. The van der Waals surface area contributed by atoms with E-state index in [-0.39, 0.29) is 5.91 Å². The van der Waals surface area contributed by atoms with Crippen molar-refractivity contribution in [3.8, 4) is 0 Å². The summed E-state index contributed by atoms with van der Waals surface area (Å²) in [6.45, 7) is 3.48. The molecule has 1 aromatic heterocycles. The Kier molecular flexibility index (Phi) is 3.45. The molecule has 0 N–H and O–H groups in total. The molecular weight excluding hydrogens is 268 g/mol. The Bertz CT molecular complexity index is 517. The third kappa shape index (κ3) is 2.71. The Morgan fingerprint density at radius 2 is 1.95 bits per heavy atom. The highest BCUT2D eigenvalue weighted by atomic mass is 16.5. The number of likely N-dealkylation sites (tertiary alicyclic amines) is 1. The van der Waals surface area contributed by atoms with E-state index in [9.17, 15) is 4.79 Å². The Hall–Kier alpha value is -1.36. The van der Waals surface area contributed by atoms with Crippen molar-refractivity contribution >= 4 is 5.91 Å². The number of hydrogen-bond acceptors (Lipinski definition) is 4. The Labute approximate surface area is 124 Å². The van der Waals surface area contributed by atoms with Gasteiger partial charge in [0.2, 0.25) is 0 Å². The molecule has 2 aliphatic heterocycles. The van der Waals surface area contributed by atoms with Gasteiger partial charge < -0.3 is 14.2 Å². The van der Waals surface area contributed by atoms with Gasteiger partial charge in [0.05, 0.1) is 0 Å². The minimum Gasteiger partial charge on any atom is -0.381 e. The normalized spacial score (nSPS) is 27.2. The summed E-state index contributed by atoms with van der Waals surface area (Å²) >= 11 is 0. The zero-order valence-electron chi connectivity index (χ0n) is 12.3. The molecule has 1 atom stereocenters. The molecule has 1 unspecified atom stereocenters. The van der Waals surface area contributed by atoms with Gasteiger partial charge in [-0.05, 0) is 43.9 Å². The molecule has 3 fully saturated rings. The van der Waals surface area contributed by atoms with E-state index in [2.05, 4.69) is 5.16 Å². The van der Waals surface area contributed by atoms with Gasteiger partial charge in [0.15, 0.2) is 5.69 Å². The number of hydrogen-bond donors (Lipinski definition) is 0. The lowest BCUT2D eigenvalue weighted by Crippen LogP contribution is -2.31. The SMILES string of the molecule is O=C(c1cc(C2CC2)on1)N1CCC(C2CCOCC2)C1. The lowest BCUT2D eigenvalue weighted by molar-refractivity contribution is 0.0471. The van der Waals surface area contributed by atoms with E-state index >= 15 is 0 Å². The first-order chi connectivity index (χ1) is 10.3. The summed E-state index contributed by atoms with van der Waals surface area (Å²) in [4.78, 5) is 14.5. The van der Waals surface area contributed by atoms with Gasteiger partial charge in [-0.3, -0.25) is 4.79 Å². The van der Waals surface area contributed by atoms with E-state index in [1.165, 1.54) is 12.8 Å². The molecule has 1 aliphatic carbocycles. The van der Waals surface area contributed by atoms with E-state index in [1.54, 1.807) is 0 Å². The summed E-state index contributed by atoms with van der Waals surface area (Å²) in [5.74, 6) is 2.79. The predicted octanol–water partition coefficient (Wildman–Crippen LogP) is 2.44. The van der Waals surface area contributed by atoms with Crippen molar-refractivity contribution in [1.29, 1.82) is 0 Å². The molecule has 3 heterocycles. The van der Waals surface area contributed by atoms with Crippen LogP contribution in [0.15, 0.2) is 10.6 Å². The van der Waals surface area contributed by atoms with Crippen LogP contribution in [0.2, 0.25) is 0 Å². The van der Waals surface area contributed by atoms with Crippen LogP contribution < -0.4 is 0 Å². The molecule has 2 saturated heterocycles. The van der Waals surface area contributed by atoms with Crippen LogP contribution in [0.3, 0.4) is 0 Å². The zero-order chi connectivity index (χ0) is 14.2. The lowest BCUT2D eigenvalue weighted by atomic mass is 9.85. The molecule has 4 rings (SSSR count). The highest BCUT2D eigenvalue weighted by Crippen LogP contribution is 2.40. The summed E-state index contributed by atoms with van der Waals surface area (Å²) < 4.78 is 10.7. The van der Waals surface area contributed by atoms with E-state index in [1.807, 2.05) is 11.0 Å². The van der Waals surface area contributed by atoms with Crippen molar-refractivity contribution < 1.29 is 14.1 Å². The van der Waals surface area contributed by atoms with E-state index in [0.717, 1.165) is 57.2 Å². The van der Waals surface area contributed by atoms with E-state index in [0.29, 0.717) is 17.5 Å². The lowest BCUT2D eigenvalue weighted by Gasteiger charge is -2.27. The van der Waals surface area contributed by atoms with Crippen LogP contribution in [0.4, 0.5) is 0 Å². The summed E-state index contributed by atoms with van der Waals surface area (Å²) in [6, 6.07) is 1.85. The molecular formula is C16H22N2O3. The molecule has 5 heteroatoms. The quantitative estimate of drug-likeness (QED) is 0.858. The molecule has 1 aromatic rings. The second-order valence-corrected chi connectivity index (χ2v) is 6.64. The van der Waals surface area contributed by atoms with Crippen LogP contribution in [0.25, 0.3) is 0 Å². The van der Waals surface area contributed by atoms with Gasteiger partial charge >= 0.3 is 0 Å². The van der Waals surface area contributed by atoms with Gasteiger partial charge in [0, 0.05) is 38.3 Å². The standard InChI is InChI=1S/C16H22N2O3/c19-16(14-9-15(21-17-14)12-1-2-12)18-6-3-13(10-18)11-4-7-20-8-5-11/h9,11-13H,1-8,10H2. The largest absolute Gasteiger partial charge is 0.381 e. The van der Waals surface area contributed by atoms with Crippen molar-refractivity contribution in [1.82, 2.24) is 10.1 Å². The average Bonchev–Trinajstić information content (AvgIpc) is 3.06. The minimum absolute atomic E-state index is 0.0419. The molecule has 5 nitrogen and oxygen atoms in total. The first-order valence-electron chi connectivity index (χ1n) is 8.15. The van der Waals surface area contributed by atoms with Crippen LogP contribution in [0, 0.1) is 11.8 Å². The maximum atomic E-state index is 12.5. The fourth-order valence-corrected chi connectivity index (χ4v) is 3.66. The summed E-state index contributed by atoms with van der Waals surface area (Å²) in [6.07, 6.45) is 5.73. The molecule has 0 spiro atoms. The number of nitrogens with zero attached hydrogens (tertiary/aromatic N) is 2. The second-order valence-electron chi connectivity index (χ2n) is 6.64. The minimum atomic E-state index is 0.0419. The van der Waals surface area contributed by atoms with Crippen molar-refractivity contribution in [2.45, 2.75) is 38.0 Å². The number of carbonyl (C=O) groups excluding carboxylic acids is 1. The number of rotatable bonds is 3. The van der Waals surface area contributed by atoms with Gasteiger partial charge in [0.1, 0.15) is 5.76 Å². The van der Waals surface area contributed by atoms with Crippen molar-refractivity contribution in [2.75, 3.05) is 26.3 Å². The van der Waals surface area contributed by atoms with Crippen molar-refractivity contribution in [3.05, 3.63) is 17.5 Å². The average molecular weight is 290 g/mol. The smallest absolute Gasteiger partial charge is 0.276 e. The van der Waals surface area contributed by atoms with Crippen molar-refractivity contribution in [3.63, 3.8) is 0 Å². The van der Waals surface area contributed by atoms with E-state index in [4.69, 9.17) is 9.26 Å². The number of ether oxygens (including phenoxy) is 1. The van der Waals surface area contributed by atoms with Crippen LogP contribution in [-0.2, 0) is 4.74 Å². The predicted molar refractivity (Wildman–Crippen MR) is 76.0 cm³/mol. The van der Waals surface area contributed by atoms with Crippen LogP contribution in [-0.4, -0.2) is 42.3 Å². The summed E-state index contributed by atoms with van der Waals surface area (Å²) in [5.41, 5.74) is 0.490. The van der Waals surface area contributed by atoms with Gasteiger partial charge in [-0.1, -0.05) is 5.16 Å². The van der Waals surface area contributed by atoms with Crippen LogP contribution in [0.5, 0.6) is 0 Å². The third-order valence-corrected chi connectivity index (χ3v) is 5.17. The second kappa shape index (κ2) is 5.44. The highest BCUT2D eigenvalue weighted by Gasteiger charge is 2.35. The number of amides is 1. The molecule has 1 saturated carbocycles. The third-order valence-electron chi connectivity index (χ3n) is 5.17. The first-order valence-corrected chi connectivity index (χ1v) is 8.15. The highest BCUT2D eigenvalue weighted by molar-refractivity contribution is 5.92. The molecule has 0 aromatic carbocycles.